The number of aromatic hydroxyl groups is 2. The lowest BCUT2D eigenvalue weighted by atomic mass is 10.2. The molecule has 1 heterocycles. The van der Waals surface area contributed by atoms with Crippen molar-refractivity contribution < 1.29 is 19.9 Å². The molecule has 1 amide bonds. The molecule has 0 radical (unpaired) electrons. The van der Waals surface area contributed by atoms with Crippen LogP contribution >= 0.6 is 0 Å². The van der Waals surface area contributed by atoms with Crippen LogP contribution in [0.2, 0.25) is 0 Å². The highest BCUT2D eigenvalue weighted by Gasteiger charge is 2.20. The van der Waals surface area contributed by atoms with Crippen molar-refractivity contribution >= 4 is 11.6 Å². The Morgan fingerprint density at radius 1 is 1.39 bits per heavy atom. The van der Waals surface area contributed by atoms with Crippen molar-refractivity contribution in [2.75, 3.05) is 6.54 Å². The summed E-state index contributed by atoms with van der Waals surface area (Å²) in [6, 6.07) is 5.31. The lowest BCUT2D eigenvalue weighted by Gasteiger charge is -2.07. The summed E-state index contributed by atoms with van der Waals surface area (Å²) in [4.78, 5) is 29.5. The maximum Gasteiger partial charge on any atom is 0.274 e. The number of carbonyl (C=O) groups excluding carboxylic acids is 1. The number of carbonyl (C=O) groups is 1. The zero-order chi connectivity index (χ0) is 17.0. The summed E-state index contributed by atoms with van der Waals surface area (Å²) < 4.78 is 0. The largest absolute Gasteiger partial charge is 0.501 e. The van der Waals surface area contributed by atoms with Gasteiger partial charge in [-0.15, -0.1) is 6.42 Å². The summed E-state index contributed by atoms with van der Waals surface area (Å²) in [5.74, 6) is -0.436. The van der Waals surface area contributed by atoms with E-state index in [2.05, 4.69) is 21.2 Å². The van der Waals surface area contributed by atoms with E-state index in [0.29, 0.717) is 0 Å². The number of amides is 1. The van der Waals surface area contributed by atoms with Crippen LogP contribution in [0.4, 0.5) is 5.69 Å². The maximum absolute atomic E-state index is 11.9. The fraction of sp³-hybridized carbons (Fsp3) is 0.0714. The van der Waals surface area contributed by atoms with E-state index < -0.39 is 28.2 Å². The van der Waals surface area contributed by atoms with Crippen molar-refractivity contribution in [1.82, 2.24) is 15.3 Å². The zero-order valence-corrected chi connectivity index (χ0v) is 11.6. The molecule has 0 atom stereocenters. The number of nitro benzene ring substituents is 1. The quantitative estimate of drug-likeness (QED) is 0.431. The van der Waals surface area contributed by atoms with E-state index in [1.165, 1.54) is 24.3 Å². The summed E-state index contributed by atoms with van der Waals surface area (Å²) in [6.07, 6.45) is 5.02. The zero-order valence-electron chi connectivity index (χ0n) is 11.6. The normalized spacial score (nSPS) is 9.87. The van der Waals surface area contributed by atoms with Crippen LogP contribution in [0.15, 0.2) is 24.3 Å². The Kier molecular flexibility index (Phi) is 4.37. The average molecular weight is 314 g/mol. The fourth-order valence-electron chi connectivity index (χ4n) is 1.70. The van der Waals surface area contributed by atoms with E-state index in [4.69, 9.17) is 6.42 Å². The number of terminal acetylenes is 1. The lowest BCUT2D eigenvalue weighted by Crippen LogP contribution is -2.25. The Hall–Kier alpha value is -3.67. The van der Waals surface area contributed by atoms with Crippen molar-refractivity contribution in [2.45, 2.75) is 0 Å². The monoisotopic (exact) mass is 314 g/mol. The van der Waals surface area contributed by atoms with E-state index in [-0.39, 0.29) is 23.6 Å². The van der Waals surface area contributed by atoms with Gasteiger partial charge in [0.1, 0.15) is 0 Å². The molecule has 0 saturated heterocycles. The van der Waals surface area contributed by atoms with Crippen molar-refractivity contribution in [3.05, 3.63) is 40.1 Å². The number of hydrogen-bond acceptors (Lipinski definition) is 7. The molecule has 9 nitrogen and oxygen atoms in total. The first kappa shape index (κ1) is 15.7. The third-order valence-electron chi connectivity index (χ3n) is 2.75. The van der Waals surface area contributed by atoms with E-state index in [0.717, 1.165) is 0 Å². The molecule has 23 heavy (non-hydrogen) atoms. The van der Waals surface area contributed by atoms with Gasteiger partial charge in [-0.05, 0) is 0 Å². The van der Waals surface area contributed by atoms with Gasteiger partial charge in [0.25, 0.3) is 17.5 Å². The Morgan fingerprint density at radius 3 is 2.78 bits per heavy atom. The van der Waals surface area contributed by atoms with Gasteiger partial charge in [0.2, 0.25) is 5.75 Å². The molecule has 0 bridgehead atoms. The van der Waals surface area contributed by atoms with Crippen LogP contribution in [0, 0.1) is 22.5 Å². The molecule has 0 aliphatic heterocycles. The number of rotatable bonds is 4. The van der Waals surface area contributed by atoms with Crippen molar-refractivity contribution in [3.8, 4) is 35.4 Å². The molecule has 0 aliphatic carbocycles. The Morgan fingerprint density at radius 2 is 2.13 bits per heavy atom. The van der Waals surface area contributed by atoms with Gasteiger partial charge in [0.05, 0.1) is 11.5 Å². The van der Waals surface area contributed by atoms with E-state index in [1.807, 2.05) is 0 Å². The molecule has 0 aliphatic rings. The standard InChI is InChI=1S/C14H10N4O5/c1-2-6-15-13(20)10-11(19)14(21)17-12(16-10)8-4-3-5-9(7-8)18(22)23/h1,3-5,7,19H,6H2,(H,15,20)(H,16,17,21). The van der Waals surface area contributed by atoms with Crippen LogP contribution in [0.3, 0.4) is 0 Å². The average Bonchev–Trinajstić information content (AvgIpc) is 2.55. The number of non-ortho nitro benzene ring substituents is 1. The number of nitrogens with one attached hydrogen (secondary N) is 1. The van der Waals surface area contributed by atoms with Crippen LogP contribution in [0.1, 0.15) is 10.5 Å². The number of benzene rings is 1. The molecule has 0 unspecified atom stereocenters. The fourth-order valence-corrected chi connectivity index (χ4v) is 1.70. The predicted octanol–water partition coefficient (Wildman–Crippen LogP) is 0.826. The molecule has 3 N–H and O–H groups in total. The van der Waals surface area contributed by atoms with Crippen molar-refractivity contribution in [2.24, 2.45) is 0 Å². The highest BCUT2D eigenvalue weighted by atomic mass is 16.6. The van der Waals surface area contributed by atoms with Gasteiger partial charge < -0.3 is 15.5 Å². The molecule has 1 aromatic heterocycles. The molecule has 0 spiro atoms. The molecule has 0 fully saturated rings. The number of aromatic nitrogens is 2. The van der Waals surface area contributed by atoms with Gasteiger partial charge in [-0.25, -0.2) is 4.98 Å². The number of hydrogen-bond donors (Lipinski definition) is 3. The minimum atomic E-state index is -0.827. The van der Waals surface area contributed by atoms with E-state index in [1.54, 1.807) is 0 Å². The second-order valence-electron chi connectivity index (χ2n) is 4.26. The summed E-state index contributed by atoms with van der Waals surface area (Å²) in [6.45, 7) is -0.102. The molecular formula is C14H10N4O5. The molecular weight excluding hydrogens is 304 g/mol. The van der Waals surface area contributed by atoms with E-state index >= 15 is 0 Å². The van der Waals surface area contributed by atoms with Crippen molar-refractivity contribution in [1.29, 1.82) is 0 Å². The predicted molar refractivity (Wildman–Crippen MR) is 78.6 cm³/mol. The Labute approximate surface area is 129 Å². The smallest absolute Gasteiger partial charge is 0.274 e. The highest BCUT2D eigenvalue weighted by Crippen LogP contribution is 2.29. The third kappa shape index (κ3) is 3.33. The Balaban J connectivity index is 2.50. The van der Waals surface area contributed by atoms with Gasteiger partial charge in [-0.2, -0.15) is 4.98 Å². The first-order valence-corrected chi connectivity index (χ1v) is 6.20. The topological polar surface area (TPSA) is 138 Å². The van der Waals surface area contributed by atoms with Crippen molar-refractivity contribution in [3.63, 3.8) is 0 Å². The van der Waals surface area contributed by atoms with Crippen LogP contribution in [0.5, 0.6) is 11.6 Å². The molecule has 1 aromatic carbocycles. The molecule has 2 aromatic rings. The summed E-state index contributed by atoms with van der Waals surface area (Å²) in [7, 11) is 0. The maximum atomic E-state index is 11.9. The molecule has 9 heteroatoms. The van der Waals surface area contributed by atoms with Gasteiger partial charge in [-0.3, -0.25) is 14.9 Å². The van der Waals surface area contributed by atoms with Crippen LogP contribution in [-0.4, -0.2) is 37.6 Å². The first-order chi connectivity index (χ1) is 10.9. The summed E-state index contributed by atoms with van der Waals surface area (Å²) in [5, 5.41) is 32.4. The van der Waals surface area contributed by atoms with Gasteiger partial charge >= 0.3 is 0 Å². The number of nitrogens with zero attached hydrogens (tertiary/aromatic N) is 3. The first-order valence-electron chi connectivity index (χ1n) is 6.20. The third-order valence-corrected chi connectivity index (χ3v) is 2.75. The molecule has 0 saturated carbocycles. The van der Waals surface area contributed by atoms with Gasteiger partial charge in [0, 0.05) is 17.7 Å². The summed E-state index contributed by atoms with van der Waals surface area (Å²) >= 11 is 0. The molecule has 116 valence electrons. The lowest BCUT2D eigenvalue weighted by molar-refractivity contribution is -0.384. The molecule has 2 rings (SSSR count). The Bertz CT molecular complexity index is 828. The van der Waals surface area contributed by atoms with Gasteiger partial charge in [0.15, 0.2) is 11.5 Å². The van der Waals surface area contributed by atoms with Crippen LogP contribution in [-0.2, 0) is 0 Å². The second-order valence-corrected chi connectivity index (χ2v) is 4.26. The highest BCUT2D eigenvalue weighted by molar-refractivity contribution is 5.96. The van der Waals surface area contributed by atoms with Crippen LogP contribution < -0.4 is 5.32 Å². The van der Waals surface area contributed by atoms with Gasteiger partial charge in [-0.1, -0.05) is 18.1 Å². The SMILES string of the molecule is C#CCNC(=O)c1nc(-c2cccc([N+](=O)[O-])c2)nc(O)c1O. The second kappa shape index (κ2) is 6.40. The van der Waals surface area contributed by atoms with E-state index in [9.17, 15) is 25.1 Å². The summed E-state index contributed by atoms with van der Waals surface area (Å²) in [5.41, 5.74) is -0.508. The minimum Gasteiger partial charge on any atom is -0.501 e. The minimum absolute atomic E-state index is 0.102. The number of nitro groups is 1. The van der Waals surface area contributed by atoms with Crippen LogP contribution in [0.25, 0.3) is 11.4 Å².